The Balaban J connectivity index is 2.05. The third-order valence-corrected chi connectivity index (χ3v) is 7.97. The van der Waals surface area contributed by atoms with Crippen LogP contribution in [-0.2, 0) is 26.2 Å². The van der Waals surface area contributed by atoms with Crippen molar-refractivity contribution >= 4 is 27.5 Å². The Kier molecular flexibility index (Phi) is 9.52. The number of sulfonamides is 1. The van der Waals surface area contributed by atoms with Crippen molar-refractivity contribution in [3.05, 3.63) is 89.5 Å². The van der Waals surface area contributed by atoms with Gasteiger partial charge in [-0.15, -0.1) is 0 Å². The molecule has 1 unspecified atom stereocenters. The Bertz CT molecular complexity index is 1370. The summed E-state index contributed by atoms with van der Waals surface area (Å²) in [6, 6.07) is 19.8. The van der Waals surface area contributed by atoms with E-state index in [0.717, 1.165) is 21.0 Å². The van der Waals surface area contributed by atoms with Crippen LogP contribution in [0, 0.1) is 13.8 Å². The van der Waals surface area contributed by atoms with Crippen LogP contribution in [0.3, 0.4) is 0 Å². The van der Waals surface area contributed by atoms with Crippen molar-refractivity contribution < 1.29 is 22.7 Å². The van der Waals surface area contributed by atoms with Gasteiger partial charge in [-0.05, 0) is 57.5 Å². The van der Waals surface area contributed by atoms with Crippen molar-refractivity contribution in [2.24, 2.45) is 0 Å². The fourth-order valence-electron chi connectivity index (χ4n) is 4.04. The number of likely N-dealkylation sites (N-methyl/N-ethyl adjacent to an activating group) is 1. The molecule has 2 amide bonds. The molecule has 0 fully saturated rings. The highest BCUT2D eigenvalue weighted by Crippen LogP contribution is 2.28. The Morgan fingerprint density at radius 3 is 2.26 bits per heavy atom. The molecule has 0 spiro atoms. The van der Waals surface area contributed by atoms with Crippen LogP contribution < -0.4 is 14.4 Å². The molecule has 202 valence electrons. The monoisotopic (exact) mass is 537 g/mol. The van der Waals surface area contributed by atoms with Crippen LogP contribution in [0.15, 0.2) is 77.7 Å². The number of amides is 2. The van der Waals surface area contributed by atoms with Crippen molar-refractivity contribution in [2.75, 3.05) is 24.5 Å². The van der Waals surface area contributed by atoms with Gasteiger partial charge in [0.15, 0.2) is 0 Å². The van der Waals surface area contributed by atoms with Crippen molar-refractivity contribution in [3.63, 3.8) is 0 Å². The van der Waals surface area contributed by atoms with Gasteiger partial charge >= 0.3 is 0 Å². The van der Waals surface area contributed by atoms with Gasteiger partial charge in [-0.3, -0.25) is 13.9 Å². The molecule has 0 aliphatic heterocycles. The van der Waals surface area contributed by atoms with Crippen LogP contribution in [0.1, 0.15) is 30.5 Å². The largest absolute Gasteiger partial charge is 0.497 e. The molecular formula is C29H35N3O5S. The minimum Gasteiger partial charge on any atom is -0.497 e. The predicted octanol–water partition coefficient (Wildman–Crippen LogP) is 4.06. The van der Waals surface area contributed by atoms with E-state index in [-0.39, 0.29) is 23.0 Å². The van der Waals surface area contributed by atoms with Gasteiger partial charge in [0.1, 0.15) is 18.3 Å². The number of carbonyl (C=O) groups excluding carboxylic acids is 2. The second-order valence-corrected chi connectivity index (χ2v) is 11.0. The highest BCUT2D eigenvalue weighted by Gasteiger charge is 2.32. The van der Waals surface area contributed by atoms with E-state index in [9.17, 15) is 18.0 Å². The molecule has 0 aliphatic carbocycles. The van der Waals surface area contributed by atoms with E-state index < -0.39 is 28.5 Å². The molecule has 1 atom stereocenters. The zero-order chi connectivity index (χ0) is 27.9. The molecule has 9 heteroatoms. The lowest BCUT2D eigenvalue weighted by Crippen LogP contribution is -2.51. The molecule has 0 heterocycles. The first-order valence-corrected chi connectivity index (χ1v) is 13.9. The lowest BCUT2D eigenvalue weighted by Gasteiger charge is -2.32. The van der Waals surface area contributed by atoms with E-state index in [2.05, 4.69) is 5.32 Å². The van der Waals surface area contributed by atoms with Crippen LogP contribution in [0.4, 0.5) is 5.69 Å². The first kappa shape index (κ1) is 28.7. The quantitative estimate of drug-likeness (QED) is 0.398. The van der Waals surface area contributed by atoms with Gasteiger partial charge in [0, 0.05) is 19.2 Å². The number of anilines is 1. The number of ether oxygens (including phenoxy) is 1. The van der Waals surface area contributed by atoms with E-state index >= 15 is 0 Å². The molecule has 0 saturated heterocycles. The summed E-state index contributed by atoms with van der Waals surface area (Å²) in [5, 5.41) is 2.76. The van der Waals surface area contributed by atoms with Crippen molar-refractivity contribution in [2.45, 2.75) is 45.2 Å². The topological polar surface area (TPSA) is 96.0 Å². The Hall–Kier alpha value is -3.85. The summed E-state index contributed by atoms with van der Waals surface area (Å²) < 4.78 is 34.1. The fraction of sp³-hybridized carbons (Fsp3) is 0.310. The van der Waals surface area contributed by atoms with Crippen molar-refractivity contribution in [1.29, 1.82) is 0 Å². The maximum Gasteiger partial charge on any atom is 0.264 e. The molecule has 38 heavy (non-hydrogen) atoms. The molecule has 0 aromatic heterocycles. The second kappa shape index (κ2) is 12.6. The molecule has 0 aliphatic rings. The normalized spacial score (nSPS) is 11.9. The average Bonchev–Trinajstić information content (AvgIpc) is 2.90. The first-order chi connectivity index (χ1) is 18.1. The summed E-state index contributed by atoms with van der Waals surface area (Å²) in [7, 11) is -2.64. The standard InChI is InChI=1S/C29H35N3O5S/c1-6-30-29(34)23(4)31(19-24-10-7-9-22(3)17-24)28(33)20-32(25-11-8-12-26(18-25)37-5)38(35,36)27-15-13-21(2)14-16-27/h7-18,23H,6,19-20H2,1-5H3,(H,30,34). The van der Waals surface area contributed by atoms with Crippen LogP contribution in [0.5, 0.6) is 5.75 Å². The summed E-state index contributed by atoms with van der Waals surface area (Å²) in [5.41, 5.74) is 3.04. The lowest BCUT2D eigenvalue weighted by molar-refractivity contribution is -0.139. The fourth-order valence-corrected chi connectivity index (χ4v) is 5.45. The predicted molar refractivity (Wildman–Crippen MR) is 149 cm³/mol. The zero-order valence-electron chi connectivity index (χ0n) is 22.5. The smallest absolute Gasteiger partial charge is 0.264 e. The SMILES string of the molecule is CCNC(=O)C(C)N(Cc1cccc(C)c1)C(=O)CN(c1cccc(OC)c1)S(=O)(=O)c1ccc(C)cc1. The molecule has 3 rings (SSSR count). The highest BCUT2D eigenvalue weighted by molar-refractivity contribution is 7.92. The van der Waals surface area contributed by atoms with Gasteiger partial charge in [0.05, 0.1) is 17.7 Å². The number of benzene rings is 3. The molecule has 0 bridgehead atoms. The van der Waals surface area contributed by atoms with Gasteiger partial charge < -0.3 is 15.0 Å². The average molecular weight is 538 g/mol. The van der Waals surface area contributed by atoms with Crippen LogP contribution in [0.25, 0.3) is 0 Å². The number of nitrogens with zero attached hydrogens (tertiary/aromatic N) is 2. The van der Waals surface area contributed by atoms with Crippen molar-refractivity contribution in [3.8, 4) is 5.75 Å². The minimum atomic E-state index is -4.13. The number of rotatable bonds is 11. The summed E-state index contributed by atoms with van der Waals surface area (Å²) in [4.78, 5) is 28.1. The molecule has 3 aromatic rings. The van der Waals surface area contributed by atoms with E-state index in [4.69, 9.17) is 4.74 Å². The molecule has 3 aromatic carbocycles. The number of nitrogens with one attached hydrogen (secondary N) is 1. The van der Waals surface area contributed by atoms with Crippen LogP contribution in [-0.4, -0.2) is 51.4 Å². The first-order valence-electron chi connectivity index (χ1n) is 12.4. The van der Waals surface area contributed by atoms with E-state index in [1.807, 2.05) is 38.1 Å². The van der Waals surface area contributed by atoms with Gasteiger partial charge in [-0.1, -0.05) is 53.6 Å². The van der Waals surface area contributed by atoms with E-state index in [1.54, 1.807) is 50.2 Å². The molecule has 0 saturated carbocycles. The van der Waals surface area contributed by atoms with Crippen LogP contribution >= 0.6 is 0 Å². The molecule has 8 nitrogen and oxygen atoms in total. The number of aryl methyl sites for hydroxylation is 2. The van der Waals surface area contributed by atoms with Crippen molar-refractivity contribution in [1.82, 2.24) is 10.2 Å². The van der Waals surface area contributed by atoms with Gasteiger partial charge in [-0.2, -0.15) is 0 Å². The number of hydrogen-bond donors (Lipinski definition) is 1. The third-order valence-electron chi connectivity index (χ3n) is 6.18. The van der Waals surface area contributed by atoms with Gasteiger partial charge in [-0.25, -0.2) is 8.42 Å². The second-order valence-electron chi connectivity index (χ2n) is 9.11. The number of carbonyl (C=O) groups is 2. The molecule has 1 N–H and O–H groups in total. The molecule has 0 radical (unpaired) electrons. The number of hydrogen-bond acceptors (Lipinski definition) is 5. The third kappa shape index (κ3) is 6.92. The van der Waals surface area contributed by atoms with E-state index in [1.165, 1.54) is 24.1 Å². The summed E-state index contributed by atoms with van der Waals surface area (Å²) in [6.45, 7) is 7.31. The maximum absolute atomic E-state index is 13.9. The minimum absolute atomic E-state index is 0.0562. The Morgan fingerprint density at radius 2 is 1.63 bits per heavy atom. The molecular weight excluding hydrogens is 502 g/mol. The summed E-state index contributed by atoms with van der Waals surface area (Å²) >= 11 is 0. The zero-order valence-corrected chi connectivity index (χ0v) is 23.3. The Labute approximate surface area is 225 Å². The lowest BCUT2D eigenvalue weighted by atomic mass is 10.1. The van der Waals surface area contributed by atoms with Gasteiger partial charge in [0.25, 0.3) is 10.0 Å². The van der Waals surface area contributed by atoms with Crippen LogP contribution in [0.2, 0.25) is 0 Å². The Morgan fingerprint density at radius 1 is 0.947 bits per heavy atom. The van der Waals surface area contributed by atoms with Gasteiger partial charge in [0.2, 0.25) is 11.8 Å². The summed E-state index contributed by atoms with van der Waals surface area (Å²) in [5.74, 6) is -0.377. The highest BCUT2D eigenvalue weighted by atomic mass is 32.2. The van der Waals surface area contributed by atoms with E-state index in [0.29, 0.717) is 12.3 Å². The maximum atomic E-state index is 13.9. The number of methoxy groups -OCH3 is 1. The summed E-state index contributed by atoms with van der Waals surface area (Å²) in [6.07, 6.45) is 0.